The maximum absolute atomic E-state index is 6.13. The second-order valence-electron chi connectivity index (χ2n) is 3.98. The zero-order valence-corrected chi connectivity index (χ0v) is 9.93. The third kappa shape index (κ3) is 2.04. The maximum atomic E-state index is 6.13. The Balaban J connectivity index is 1.98. The van der Waals surface area contributed by atoms with E-state index < -0.39 is 0 Å². The molecule has 0 bridgehead atoms. The van der Waals surface area contributed by atoms with Crippen LogP contribution in [-0.2, 0) is 6.54 Å². The van der Waals surface area contributed by atoms with Gasteiger partial charge < -0.3 is 0 Å². The molecule has 0 aliphatic rings. The second kappa shape index (κ2) is 4.22. The Morgan fingerprint density at radius 2 is 1.76 bits per heavy atom. The molecule has 0 atom stereocenters. The number of benzene rings is 2. The quantitative estimate of drug-likeness (QED) is 0.669. The molecule has 1 heterocycles. The number of hydrogen-bond donors (Lipinski definition) is 0. The van der Waals surface area contributed by atoms with E-state index in [1.54, 1.807) is 0 Å². The lowest BCUT2D eigenvalue weighted by atomic mass is 10.2. The average Bonchev–Trinajstić information content (AvgIpc) is 2.74. The minimum absolute atomic E-state index is 0.703. The van der Waals surface area contributed by atoms with Crippen molar-refractivity contribution in [2.24, 2.45) is 0 Å². The first-order chi connectivity index (χ1) is 8.33. The highest BCUT2D eigenvalue weighted by Crippen LogP contribution is 2.17. The second-order valence-corrected chi connectivity index (χ2v) is 4.38. The van der Waals surface area contributed by atoms with Gasteiger partial charge in [-0.3, -0.25) is 4.68 Å². The fourth-order valence-electron chi connectivity index (χ4n) is 1.90. The molecular formula is C14H11ClN2. The van der Waals surface area contributed by atoms with Gasteiger partial charge in [0.15, 0.2) is 0 Å². The van der Waals surface area contributed by atoms with E-state index in [0.29, 0.717) is 6.54 Å². The van der Waals surface area contributed by atoms with Gasteiger partial charge in [0, 0.05) is 16.6 Å². The first-order valence-corrected chi connectivity index (χ1v) is 5.86. The van der Waals surface area contributed by atoms with Crippen LogP contribution < -0.4 is 0 Å². The van der Waals surface area contributed by atoms with Crippen LogP contribution >= 0.6 is 11.6 Å². The van der Waals surface area contributed by atoms with E-state index in [1.807, 2.05) is 53.3 Å². The Bertz CT molecular complexity index is 625. The van der Waals surface area contributed by atoms with Gasteiger partial charge in [-0.2, -0.15) is 5.10 Å². The van der Waals surface area contributed by atoms with Crippen molar-refractivity contribution in [2.75, 3.05) is 0 Å². The summed E-state index contributed by atoms with van der Waals surface area (Å²) in [6.45, 7) is 0.703. The summed E-state index contributed by atoms with van der Waals surface area (Å²) in [5, 5.41) is 6.44. The van der Waals surface area contributed by atoms with Crippen molar-refractivity contribution in [3.8, 4) is 0 Å². The molecule has 0 radical (unpaired) electrons. The highest BCUT2D eigenvalue weighted by Gasteiger charge is 2.03. The normalized spacial score (nSPS) is 10.9. The van der Waals surface area contributed by atoms with Gasteiger partial charge in [-0.25, -0.2) is 0 Å². The van der Waals surface area contributed by atoms with Crippen LogP contribution in [0.2, 0.25) is 5.02 Å². The van der Waals surface area contributed by atoms with E-state index >= 15 is 0 Å². The van der Waals surface area contributed by atoms with E-state index in [0.717, 1.165) is 21.5 Å². The molecule has 0 saturated heterocycles. The molecule has 2 nitrogen and oxygen atoms in total. The molecule has 0 unspecified atom stereocenters. The highest BCUT2D eigenvalue weighted by atomic mass is 35.5. The Morgan fingerprint density at radius 3 is 2.59 bits per heavy atom. The fraction of sp³-hybridized carbons (Fsp3) is 0.0714. The van der Waals surface area contributed by atoms with Crippen LogP contribution in [0.5, 0.6) is 0 Å². The third-order valence-electron chi connectivity index (χ3n) is 2.75. The fourth-order valence-corrected chi connectivity index (χ4v) is 2.09. The molecular weight excluding hydrogens is 232 g/mol. The van der Waals surface area contributed by atoms with Gasteiger partial charge in [0.2, 0.25) is 0 Å². The standard InChI is InChI=1S/C14H11ClN2/c15-13-7-3-1-5-11(13)9-17-10-12-6-2-4-8-14(12)16-17/h1-8,10H,9H2. The van der Waals surface area contributed by atoms with Gasteiger partial charge in [0.25, 0.3) is 0 Å². The predicted molar refractivity (Wildman–Crippen MR) is 70.3 cm³/mol. The topological polar surface area (TPSA) is 17.8 Å². The SMILES string of the molecule is Clc1ccccc1Cn1cc2ccccc2n1. The molecule has 0 spiro atoms. The number of aromatic nitrogens is 2. The number of fused-ring (bicyclic) bond motifs is 1. The first kappa shape index (κ1) is 10.4. The van der Waals surface area contributed by atoms with Crippen molar-refractivity contribution in [2.45, 2.75) is 6.54 Å². The summed E-state index contributed by atoms with van der Waals surface area (Å²) in [7, 11) is 0. The van der Waals surface area contributed by atoms with Gasteiger partial charge in [-0.05, 0) is 17.7 Å². The summed E-state index contributed by atoms with van der Waals surface area (Å²) >= 11 is 6.13. The average molecular weight is 243 g/mol. The Kier molecular flexibility index (Phi) is 2.57. The van der Waals surface area contributed by atoms with Gasteiger partial charge >= 0.3 is 0 Å². The van der Waals surface area contributed by atoms with Gasteiger partial charge in [0.1, 0.15) is 0 Å². The molecule has 0 fully saturated rings. The van der Waals surface area contributed by atoms with Crippen LogP contribution in [0.3, 0.4) is 0 Å². The van der Waals surface area contributed by atoms with E-state index in [-0.39, 0.29) is 0 Å². The van der Waals surface area contributed by atoms with E-state index in [9.17, 15) is 0 Å². The Morgan fingerprint density at radius 1 is 1.00 bits per heavy atom. The largest absolute Gasteiger partial charge is 0.267 e. The van der Waals surface area contributed by atoms with Crippen LogP contribution in [0.25, 0.3) is 10.9 Å². The van der Waals surface area contributed by atoms with Gasteiger partial charge in [-0.1, -0.05) is 48.0 Å². The number of halogens is 1. The van der Waals surface area contributed by atoms with Crippen molar-refractivity contribution in [3.63, 3.8) is 0 Å². The molecule has 17 heavy (non-hydrogen) atoms. The van der Waals surface area contributed by atoms with Crippen LogP contribution in [0, 0.1) is 0 Å². The van der Waals surface area contributed by atoms with Gasteiger partial charge in [-0.15, -0.1) is 0 Å². The minimum Gasteiger partial charge on any atom is -0.267 e. The summed E-state index contributed by atoms with van der Waals surface area (Å²) in [5.41, 5.74) is 2.10. The summed E-state index contributed by atoms with van der Waals surface area (Å²) in [5.74, 6) is 0. The lowest BCUT2D eigenvalue weighted by Crippen LogP contribution is -2.00. The van der Waals surface area contributed by atoms with Crippen LogP contribution in [0.4, 0.5) is 0 Å². The number of nitrogens with zero attached hydrogens (tertiary/aromatic N) is 2. The van der Waals surface area contributed by atoms with Crippen molar-refractivity contribution in [1.29, 1.82) is 0 Å². The molecule has 3 rings (SSSR count). The van der Waals surface area contributed by atoms with E-state index in [1.165, 1.54) is 0 Å². The molecule has 2 aromatic carbocycles. The summed E-state index contributed by atoms with van der Waals surface area (Å²) in [6.07, 6.45) is 2.04. The minimum atomic E-state index is 0.703. The third-order valence-corrected chi connectivity index (χ3v) is 3.12. The first-order valence-electron chi connectivity index (χ1n) is 5.48. The Labute approximate surface area is 104 Å². The zero-order valence-electron chi connectivity index (χ0n) is 9.18. The van der Waals surface area contributed by atoms with Crippen LogP contribution in [-0.4, -0.2) is 9.78 Å². The lowest BCUT2D eigenvalue weighted by Gasteiger charge is -2.03. The molecule has 0 aliphatic heterocycles. The van der Waals surface area contributed by atoms with Crippen molar-refractivity contribution >= 4 is 22.5 Å². The predicted octanol–water partition coefficient (Wildman–Crippen LogP) is 3.74. The number of rotatable bonds is 2. The lowest BCUT2D eigenvalue weighted by molar-refractivity contribution is 0.696. The zero-order chi connectivity index (χ0) is 11.7. The van der Waals surface area contributed by atoms with E-state index in [2.05, 4.69) is 11.2 Å². The monoisotopic (exact) mass is 242 g/mol. The van der Waals surface area contributed by atoms with Gasteiger partial charge in [0.05, 0.1) is 12.1 Å². The van der Waals surface area contributed by atoms with Crippen LogP contribution in [0.1, 0.15) is 5.56 Å². The summed E-state index contributed by atoms with van der Waals surface area (Å²) in [4.78, 5) is 0. The molecule has 0 N–H and O–H groups in total. The Hall–Kier alpha value is -1.80. The highest BCUT2D eigenvalue weighted by molar-refractivity contribution is 6.31. The van der Waals surface area contributed by atoms with Crippen molar-refractivity contribution < 1.29 is 0 Å². The molecule has 1 aromatic heterocycles. The smallest absolute Gasteiger partial charge is 0.0923 e. The number of hydrogen-bond acceptors (Lipinski definition) is 1. The maximum Gasteiger partial charge on any atom is 0.0923 e. The van der Waals surface area contributed by atoms with E-state index in [4.69, 9.17) is 11.6 Å². The molecule has 84 valence electrons. The van der Waals surface area contributed by atoms with Crippen LogP contribution in [0.15, 0.2) is 54.7 Å². The molecule has 3 aromatic rings. The molecule has 3 heteroatoms. The van der Waals surface area contributed by atoms with Crippen molar-refractivity contribution in [1.82, 2.24) is 9.78 Å². The molecule has 0 amide bonds. The molecule has 0 saturated carbocycles. The molecule has 0 aliphatic carbocycles. The summed E-state index contributed by atoms with van der Waals surface area (Å²) < 4.78 is 1.92. The van der Waals surface area contributed by atoms with Crippen molar-refractivity contribution in [3.05, 3.63) is 65.3 Å². The summed E-state index contributed by atoms with van der Waals surface area (Å²) in [6, 6.07) is 15.9.